The molecule has 3 heteroatoms. The SMILES string of the molecule is Cc1cc(F)cc2cnsc12. The summed E-state index contributed by atoms with van der Waals surface area (Å²) in [7, 11) is 0. The van der Waals surface area contributed by atoms with Crippen LogP contribution in [0.25, 0.3) is 10.1 Å². The third kappa shape index (κ3) is 1.01. The molecule has 0 spiro atoms. The number of hydrogen-bond donors (Lipinski definition) is 0. The highest BCUT2D eigenvalue weighted by molar-refractivity contribution is 7.13. The Morgan fingerprint density at radius 2 is 2.27 bits per heavy atom. The maximum Gasteiger partial charge on any atom is 0.124 e. The number of fused-ring (bicyclic) bond motifs is 1. The van der Waals surface area contributed by atoms with Gasteiger partial charge in [0, 0.05) is 11.6 Å². The lowest BCUT2D eigenvalue weighted by Gasteiger charge is -1.93. The molecule has 0 atom stereocenters. The third-order valence-electron chi connectivity index (χ3n) is 1.60. The highest BCUT2D eigenvalue weighted by atomic mass is 32.1. The molecule has 0 N–H and O–H groups in total. The number of rotatable bonds is 0. The van der Waals surface area contributed by atoms with E-state index in [9.17, 15) is 4.39 Å². The molecule has 1 aromatic heterocycles. The summed E-state index contributed by atoms with van der Waals surface area (Å²) in [5.74, 6) is -0.185. The molecule has 0 unspecified atom stereocenters. The number of aryl methyl sites for hydroxylation is 1. The number of nitrogens with zero attached hydrogens (tertiary/aromatic N) is 1. The first-order valence-corrected chi connectivity index (χ1v) is 4.05. The van der Waals surface area contributed by atoms with Crippen molar-refractivity contribution >= 4 is 21.6 Å². The Morgan fingerprint density at radius 1 is 1.45 bits per heavy atom. The van der Waals surface area contributed by atoms with Crippen LogP contribution in [0, 0.1) is 12.7 Å². The van der Waals surface area contributed by atoms with E-state index < -0.39 is 0 Å². The normalized spacial score (nSPS) is 10.7. The second-order valence-electron chi connectivity index (χ2n) is 2.47. The first-order valence-electron chi connectivity index (χ1n) is 3.28. The molecule has 2 aromatic rings. The molecule has 11 heavy (non-hydrogen) atoms. The summed E-state index contributed by atoms with van der Waals surface area (Å²) in [5, 5.41) is 0.896. The second-order valence-corrected chi connectivity index (χ2v) is 3.27. The summed E-state index contributed by atoms with van der Waals surface area (Å²) in [5.41, 5.74) is 0.961. The fourth-order valence-corrected chi connectivity index (χ4v) is 1.80. The largest absolute Gasteiger partial charge is 0.207 e. The van der Waals surface area contributed by atoms with E-state index in [-0.39, 0.29) is 5.82 Å². The van der Waals surface area contributed by atoms with Crippen molar-refractivity contribution in [3.8, 4) is 0 Å². The van der Waals surface area contributed by atoms with Crippen molar-refractivity contribution in [1.29, 1.82) is 0 Å². The first-order chi connectivity index (χ1) is 5.27. The van der Waals surface area contributed by atoms with E-state index in [2.05, 4.69) is 4.37 Å². The lowest BCUT2D eigenvalue weighted by molar-refractivity contribution is 0.629. The van der Waals surface area contributed by atoms with Gasteiger partial charge in [-0.25, -0.2) is 4.39 Å². The Balaban J connectivity index is 2.91. The number of halogens is 1. The van der Waals surface area contributed by atoms with Crippen molar-refractivity contribution in [2.24, 2.45) is 0 Å². The minimum atomic E-state index is -0.185. The maximum atomic E-state index is 12.8. The third-order valence-corrected chi connectivity index (χ3v) is 2.55. The molecule has 2 rings (SSSR count). The van der Waals surface area contributed by atoms with E-state index in [4.69, 9.17) is 0 Å². The topological polar surface area (TPSA) is 12.9 Å². The monoisotopic (exact) mass is 167 g/mol. The van der Waals surface area contributed by atoms with Crippen LogP contribution in [0.15, 0.2) is 18.3 Å². The van der Waals surface area contributed by atoms with Gasteiger partial charge in [0.15, 0.2) is 0 Å². The van der Waals surface area contributed by atoms with Gasteiger partial charge >= 0.3 is 0 Å². The molecular formula is C8H6FNS. The molecule has 1 heterocycles. The van der Waals surface area contributed by atoms with Gasteiger partial charge in [-0.3, -0.25) is 0 Å². The second kappa shape index (κ2) is 2.27. The molecule has 0 bridgehead atoms. The van der Waals surface area contributed by atoms with E-state index in [1.165, 1.54) is 23.7 Å². The highest BCUT2D eigenvalue weighted by Gasteiger charge is 2.01. The van der Waals surface area contributed by atoms with E-state index in [0.29, 0.717) is 0 Å². The first kappa shape index (κ1) is 6.73. The van der Waals surface area contributed by atoms with Crippen LogP contribution in [0.1, 0.15) is 5.56 Å². The van der Waals surface area contributed by atoms with Gasteiger partial charge in [-0.15, -0.1) is 0 Å². The Labute approximate surface area is 67.6 Å². The molecule has 0 radical (unpaired) electrons. The zero-order valence-corrected chi connectivity index (χ0v) is 6.78. The van der Waals surface area contributed by atoms with Crippen LogP contribution in [-0.2, 0) is 0 Å². The van der Waals surface area contributed by atoms with E-state index >= 15 is 0 Å². The summed E-state index contributed by atoms with van der Waals surface area (Å²) in [4.78, 5) is 0. The van der Waals surface area contributed by atoms with Gasteiger partial charge in [0.05, 0.1) is 4.70 Å². The van der Waals surface area contributed by atoms with Crippen LogP contribution >= 0.6 is 11.5 Å². The summed E-state index contributed by atoms with van der Waals surface area (Å²) >= 11 is 1.41. The van der Waals surface area contributed by atoms with Crippen molar-refractivity contribution in [3.63, 3.8) is 0 Å². The smallest absolute Gasteiger partial charge is 0.124 e. The van der Waals surface area contributed by atoms with Gasteiger partial charge in [0.25, 0.3) is 0 Å². The van der Waals surface area contributed by atoms with Crippen LogP contribution in [0.3, 0.4) is 0 Å². The quantitative estimate of drug-likeness (QED) is 0.588. The lowest BCUT2D eigenvalue weighted by atomic mass is 10.2. The molecule has 0 aliphatic heterocycles. The zero-order valence-electron chi connectivity index (χ0n) is 5.97. The molecule has 0 aliphatic carbocycles. The average Bonchev–Trinajstić information content (AvgIpc) is 2.34. The summed E-state index contributed by atoms with van der Waals surface area (Å²) in [6, 6.07) is 3.03. The van der Waals surface area contributed by atoms with Crippen LogP contribution < -0.4 is 0 Å². The number of hydrogen-bond acceptors (Lipinski definition) is 2. The van der Waals surface area contributed by atoms with Crippen molar-refractivity contribution in [2.45, 2.75) is 6.92 Å². The van der Waals surface area contributed by atoms with Gasteiger partial charge in [0.1, 0.15) is 5.82 Å². The fourth-order valence-electron chi connectivity index (χ4n) is 1.11. The minimum Gasteiger partial charge on any atom is -0.207 e. The van der Waals surface area contributed by atoms with Gasteiger partial charge in [-0.1, -0.05) is 0 Å². The Hall–Kier alpha value is -0.960. The standard InChI is InChI=1S/C8H6FNS/c1-5-2-7(9)3-6-4-10-11-8(5)6/h2-4H,1H3. The number of benzene rings is 1. The molecule has 56 valence electrons. The Bertz CT molecular complexity index is 394. The highest BCUT2D eigenvalue weighted by Crippen LogP contribution is 2.22. The van der Waals surface area contributed by atoms with E-state index in [1.807, 2.05) is 6.92 Å². The van der Waals surface area contributed by atoms with Gasteiger partial charge in [0.2, 0.25) is 0 Å². The minimum absolute atomic E-state index is 0.185. The summed E-state index contributed by atoms with van der Waals surface area (Å²) < 4.78 is 17.8. The molecule has 0 saturated heterocycles. The van der Waals surface area contributed by atoms with Crippen molar-refractivity contribution in [2.75, 3.05) is 0 Å². The number of aromatic nitrogens is 1. The van der Waals surface area contributed by atoms with Crippen molar-refractivity contribution in [1.82, 2.24) is 4.37 Å². The van der Waals surface area contributed by atoms with E-state index in [1.54, 1.807) is 6.20 Å². The molecular weight excluding hydrogens is 161 g/mol. The van der Waals surface area contributed by atoms with Gasteiger partial charge in [-0.05, 0) is 36.2 Å². The molecule has 0 saturated carbocycles. The Kier molecular flexibility index (Phi) is 1.39. The fraction of sp³-hybridized carbons (Fsp3) is 0.125. The predicted octanol–water partition coefficient (Wildman–Crippen LogP) is 2.74. The van der Waals surface area contributed by atoms with Crippen molar-refractivity contribution < 1.29 is 4.39 Å². The Morgan fingerprint density at radius 3 is 3.09 bits per heavy atom. The lowest BCUT2D eigenvalue weighted by Crippen LogP contribution is -1.76. The molecule has 1 aromatic carbocycles. The maximum absolute atomic E-state index is 12.8. The molecule has 0 amide bonds. The van der Waals surface area contributed by atoms with Crippen LogP contribution in [0.5, 0.6) is 0 Å². The molecule has 0 aliphatic rings. The van der Waals surface area contributed by atoms with Crippen LogP contribution in [-0.4, -0.2) is 4.37 Å². The average molecular weight is 167 g/mol. The molecule has 1 nitrogen and oxygen atoms in total. The zero-order chi connectivity index (χ0) is 7.84. The van der Waals surface area contributed by atoms with Gasteiger partial charge in [-0.2, -0.15) is 4.37 Å². The van der Waals surface area contributed by atoms with Crippen LogP contribution in [0.4, 0.5) is 4.39 Å². The van der Waals surface area contributed by atoms with Crippen molar-refractivity contribution in [3.05, 3.63) is 29.7 Å². The van der Waals surface area contributed by atoms with Gasteiger partial charge < -0.3 is 0 Å². The van der Waals surface area contributed by atoms with Crippen LogP contribution in [0.2, 0.25) is 0 Å². The predicted molar refractivity (Wildman–Crippen MR) is 44.3 cm³/mol. The molecule has 0 fully saturated rings. The summed E-state index contributed by atoms with van der Waals surface area (Å²) in [6.45, 7) is 1.89. The van der Waals surface area contributed by atoms with E-state index in [0.717, 1.165) is 15.6 Å². The summed E-state index contributed by atoms with van der Waals surface area (Å²) in [6.07, 6.45) is 1.69.